The van der Waals surface area contributed by atoms with E-state index in [1.54, 1.807) is 30.3 Å². The third-order valence-electron chi connectivity index (χ3n) is 4.74. The summed E-state index contributed by atoms with van der Waals surface area (Å²) in [6.07, 6.45) is 9.47. The molecular weight excluding hydrogens is 378 g/mol. The first-order valence-corrected chi connectivity index (χ1v) is 10.1. The van der Waals surface area contributed by atoms with Crippen molar-refractivity contribution in [1.82, 2.24) is 0 Å². The van der Waals surface area contributed by atoms with Crippen LogP contribution in [-0.2, 0) is 4.79 Å². The number of amides is 1. The predicted molar refractivity (Wildman–Crippen MR) is 124 cm³/mol. The van der Waals surface area contributed by atoms with Crippen LogP contribution in [0.2, 0.25) is 0 Å². The van der Waals surface area contributed by atoms with Crippen LogP contribution in [0.5, 0.6) is 11.5 Å². The summed E-state index contributed by atoms with van der Waals surface area (Å²) in [6.45, 7) is 4.31. The van der Waals surface area contributed by atoms with Crippen molar-refractivity contribution in [2.45, 2.75) is 39.2 Å². The molecule has 0 saturated heterocycles. The van der Waals surface area contributed by atoms with Crippen molar-refractivity contribution < 1.29 is 15.0 Å². The van der Waals surface area contributed by atoms with E-state index in [-0.39, 0.29) is 17.4 Å². The van der Waals surface area contributed by atoms with Crippen molar-refractivity contribution in [3.05, 3.63) is 53.6 Å². The molecule has 2 aromatic rings. The van der Waals surface area contributed by atoms with Crippen LogP contribution in [0.4, 0.5) is 5.69 Å². The minimum absolute atomic E-state index is 0.0529. The number of phenolic OH excluding ortho intramolecular Hbond substituents is 2. The molecule has 0 aliphatic carbocycles. The lowest BCUT2D eigenvalue weighted by molar-refractivity contribution is -0.117. The topological polar surface area (TPSA) is 122 Å². The zero-order valence-electron chi connectivity index (χ0n) is 17.6. The van der Waals surface area contributed by atoms with Crippen LogP contribution < -0.4 is 16.8 Å². The van der Waals surface area contributed by atoms with Gasteiger partial charge in [-0.25, -0.2) is 0 Å². The molecule has 0 heterocycles. The van der Waals surface area contributed by atoms with Crippen molar-refractivity contribution in [1.29, 1.82) is 0 Å². The quantitative estimate of drug-likeness (QED) is 0.313. The fourth-order valence-electron chi connectivity index (χ4n) is 3.16. The standard InChI is InChI=1S/C24H31N3O3/c1-3-7-16-13-19(17-10-11-22(28)18(15-17)8-4-2)23(29)21(14-16)27-24(30)20(26)9-5-6-12-25/h3-4,7-8,10-11,13-15,20,28-29H,5-6,9,12,25-26H2,1-2H3,(H,27,30)/t20-/m1/s1. The van der Waals surface area contributed by atoms with Gasteiger partial charge >= 0.3 is 0 Å². The Morgan fingerprint density at radius 2 is 1.83 bits per heavy atom. The lowest BCUT2D eigenvalue weighted by Gasteiger charge is -2.16. The molecule has 0 fully saturated rings. The van der Waals surface area contributed by atoms with Crippen molar-refractivity contribution in [3.63, 3.8) is 0 Å². The largest absolute Gasteiger partial charge is 0.507 e. The number of benzene rings is 2. The number of hydrogen-bond donors (Lipinski definition) is 5. The Kier molecular flexibility index (Phi) is 8.65. The van der Waals surface area contributed by atoms with Crippen LogP contribution in [0.3, 0.4) is 0 Å². The molecule has 2 aromatic carbocycles. The Morgan fingerprint density at radius 3 is 2.50 bits per heavy atom. The van der Waals surface area contributed by atoms with E-state index in [0.29, 0.717) is 35.3 Å². The number of carbonyl (C=O) groups is 1. The molecule has 6 heteroatoms. The monoisotopic (exact) mass is 409 g/mol. The molecule has 0 bridgehead atoms. The van der Waals surface area contributed by atoms with E-state index in [2.05, 4.69) is 5.32 Å². The van der Waals surface area contributed by atoms with Crippen molar-refractivity contribution in [2.24, 2.45) is 11.5 Å². The molecule has 0 aliphatic heterocycles. The van der Waals surface area contributed by atoms with E-state index in [0.717, 1.165) is 18.4 Å². The van der Waals surface area contributed by atoms with Gasteiger partial charge in [0.15, 0.2) is 0 Å². The first-order chi connectivity index (χ1) is 14.4. The molecule has 160 valence electrons. The summed E-state index contributed by atoms with van der Waals surface area (Å²) in [6, 6.07) is 7.95. The summed E-state index contributed by atoms with van der Waals surface area (Å²) in [5.41, 5.74) is 14.5. The third kappa shape index (κ3) is 5.95. The normalized spacial score (nSPS) is 12.5. The molecule has 1 amide bonds. The van der Waals surface area contributed by atoms with E-state index >= 15 is 0 Å². The molecule has 0 unspecified atom stereocenters. The summed E-state index contributed by atoms with van der Waals surface area (Å²) in [7, 11) is 0. The zero-order valence-corrected chi connectivity index (χ0v) is 17.6. The van der Waals surface area contributed by atoms with Gasteiger partial charge in [-0.05, 0) is 68.6 Å². The summed E-state index contributed by atoms with van der Waals surface area (Å²) in [4.78, 5) is 12.5. The van der Waals surface area contributed by atoms with Crippen LogP contribution in [0.15, 0.2) is 42.5 Å². The van der Waals surface area contributed by atoms with Gasteiger partial charge in [-0.1, -0.05) is 36.8 Å². The van der Waals surface area contributed by atoms with Gasteiger partial charge in [0.25, 0.3) is 0 Å². The van der Waals surface area contributed by atoms with Crippen LogP contribution >= 0.6 is 0 Å². The summed E-state index contributed by atoms with van der Waals surface area (Å²) >= 11 is 0. The number of anilines is 1. The Balaban J connectivity index is 2.42. The molecule has 0 radical (unpaired) electrons. The number of aromatic hydroxyl groups is 2. The van der Waals surface area contributed by atoms with Crippen molar-refractivity contribution in [2.75, 3.05) is 11.9 Å². The van der Waals surface area contributed by atoms with Crippen LogP contribution in [0, 0.1) is 0 Å². The highest BCUT2D eigenvalue weighted by Crippen LogP contribution is 2.39. The van der Waals surface area contributed by atoms with E-state index < -0.39 is 6.04 Å². The fraction of sp³-hybridized carbons (Fsp3) is 0.292. The number of unbranched alkanes of at least 4 members (excludes halogenated alkanes) is 1. The SMILES string of the molecule is CC=Cc1cc(NC(=O)[C@H](N)CCCCN)c(O)c(-c2ccc(O)c(C=CC)c2)c1. The molecule has 2 rings (SSSR count). The second kappa shape index (κ2) is 11.2. The van der Waals surface area contributed by atoms with Gasteiger partial charge in [-0.15, -0.1) is 0 Å². The van der Waals surface area contributed by atoms with Gasteiger partial charge in [0.05, 0.1) is 11.7 Å². The van der Waals surface area contributed by atoms with Crippen LogP contribution in [0.1, 0.15) is 44.2 Å². The predicted octanol–water partition coefficient (Wildman–Crippen LogP) is 4.23. The average molecular weight is 410 g/mol. The minimum Gasteiger partial charge on any atom is -0.507 e. The van der Waals surface area contributed by atoms with E-state index in [1.165, 1.54) is 0 Å². The lowest BCUT2D eigenvalue weighted by atomic mass is 9.97. The molecular formula is C24H31N3O3. The van der Waals surface area contributed by atoms with Crippen LogP contribution in [0.25, 0.3) is 23.3 Å². The maximum Gasteiger partial charge on any atom is 0.241 e. The Bertz CT molecular complexity index is 936. The minimum atomic E-state index is -0.681. The molecule has 30 heavy (non-hydrogen) atoms. The second-order valence-electron chi connectivity index (χ2n) is 7.12. The molecule has 0 spiro atoms. The molecule has 1 atom stereocenters. The number of hydrogen-bond acceptors (Lipinski definition) is 5. The highest BCUT2D eigenvalue weighted by Gasteiger charge is 2.18. The molecule has 7 N–H and O–H groups in total. The number of carbonyl (C=O) groups excluding carboxylic acids is 1. The Labute approximate surface area is 177 Å². The van der Waals surface area contributed by atoms with Gasteiger partial charge in [0.2, 0.25) is 5.91 Å². The number of nitrogens with one attached hydrogen (secondary N) is 1. The molecule has 6 nitrogen and oxygen atoms in total. The molecule has 0 aromatic heterocycles. The van der Waals surface area contributed by atoms with Crippen LogP contribution in [-0.4, -0.2) is 28.7 Å². The maximum absolute atomic E-state index is 12.5. The van der Waals surface area contributed by atoms with Crippen molar-refractivity contribution >= 4 is 23.7 Å². The fourth-order valence-corrected chi connectivity index (χ4v) is 3.16. The highest BCUT2D eigenvalue weighted by molar-refractivity contribution is 5.98. The van der Waals surface area contributed by atoms with Gasteiger partial charge in [-0.2, -0.15) is 0 Å². The van der Waals surface area contributed by atoms with Gasteiger partial charge in [0.1, 0.15) is 11.5 Å². The number of allylic oxidation sites excluding steroid dienone is 2. The average Bonchev–Trinajstić information content (AvgIpc) is 2.72. The lowest BCUT2D eigenvalue weighted by Crippen LogP contribution is -2.35. The molecule has 0 saturated carbocycles. The van der Waals surface area contributed by atoms with E-state index in [9.17, 15) is 15.0 Å². The van der Waals surface area contributed by atoms with Gasteiger partial charge in [-0.3, -0.25) is 4.79 Å². The van der Waals surface area contributed by atoms with Crippen molar-refractivity contribution in [3.8, 4) is 22.6 Å². The van der Waals surface area contributed by atoms with Gasteiger partial charge in [0, 0.05) is 11.1 Å². The first kappa shape index (κ1) is 23.2. The molecule has 0 aliphatic rings. The third-order valence-corrected chi connectivity index (χ3v) is 4.74. The van der Waals surface area contributed by atoms with E-state index in [1.807, 2.05) is 38.1 Å². The summed E-state index contributed by atoms with van der Waals surface area (Å²) in [5, 5.41) is 23.7. The summed E-state index contributed by atoms with van der Waals surface area (Å²) < 4.78 is 0. The number of nitrogens with two attached hydrogens (primary N) is 2. The maximum atomic E-state index is 12.5. The summed E-state index contributed by atoms with van der Waals surface area (Å²) in [5.74, 6) is -0.257. The Morgan fingerprint density at radius 1 is 1.10 bits per heavy atom. The Hall–Kier alpha value is -3.09. The zero-order chi connectivity index (χ0) is 22.1. The first-order valence-electron chi connectivity index (χ1n) is 10.1. The number of rotatable bonds is 9. The highest BCUT2D eigenvalue weighted by atomic mass is 16.3. The second-order valence-corrected chi connectivity index (χ2v) is 7.12. The van der Waals surface area contributed by atoms with E-state index in [4.69, 9.17) is 11.5 Å². The smallest absolute Gasteiger partial charge is 0.241 e. The van der Waals surface area contributed by atoms with Gasteiger partial charge < -0.3 is 27.0 Å². The number of phenols is 2.